The van der Waals surface area contributed by atoms with Gasteiger partial charge in [0.05, 0.1) is 6.61 Å². The highest BCUT2D eigenvalue weighted by Gasteiger charge is 2.13. The van der Waals surface area contributed by atoms with Gasteiger partial charge in [-0.25, -0.2) is 0 Å². The van der Waals surface area contributed by atoms with E-state index in [4.69, 9.17) is 4.74 Å². The van der Waals surface area contributed by atoms with Crippen molar-refractivity contribution >= 4 is 0 Å². The van der Waals surface area contributed by atoms with Crippen molar-refractivity contribution in [3.63, 3.8) is 0 Å². The average molecular weight is 289 g/mol. The largest absolute Gasteiger partial charge is 0.376 e. The quantitative estimate of drug-likeness (QED) is 0.761. The number of ether oxygens (including phenoxy) is 1. The molecule has 0 aliphatic heterocycles. The first-order chi connectivity index (χ1) is 10.3. The monoisotopic (exact) mass is 289 g/mol. The Morgan fingerprint density at radius 2 is 1.86 bits per heavy atom. The molecule has 0 spiro atoms. The number of likely N-dealkylation sites (N-methyl/N-ethyl adjacent to an activating group) is 1. The van der Waals surface area contributed by atoms with Gasteiger partial charge >= 0.3 is 0 Å². The molecule has 1 unspecified atom stereocenters. The van der Waals surface area contributed by atoms with Gasteiger partial charge in [-0.05, 0) is 42.3 Å². The molecule has 0 saturated heterocycles. The molecule has 1 aliphatic rings. The van der Waals surface area contributed by atoms with E-state index in [0.29, 0.717) is 5.92 Å². The molecule has 0 bridgehead atoms. The first-order valence-electron chi connectivity index (χ1n) is 8.67. The van der Waals surface area contributed by atoms with Crippen LogP contribution in [0.2, 0.25) is 0 Å². The van der Waals surface area contributed by atoms with Crippen molar-refractivity contribution in [3.8, 4) is 0 Å². The lowest BCUT2D eigenvalue weighted by Crippen LogP contribution is -2.19. The molecule has 1 fully saturated rings. The van der Waals surface area contributed by atoms with E-state index < -0.39 is 0 Å². The minimum Gasteiger partial charge on any atom is -0.376 e. The van der Waals surface area contributed by atoms with Crippen LogP contribution in [0, 0.1) is 5.92 Å². The standard InChI is InChI=1S/C19H31NO/c1-3-20-13-16(2)19-11-9-18(10-12-19)15-21-14-17-7-5-4-6-8-17/h9-12,16-17,20H,3-8,13-15H2,1-2H3. The van der Waals surface area contributed by atoms with E-state index in [1.807, 2.05) is 0 Å². The summed E-state index contributed by atoms with van der Waals surface area (Å²) in [5.74, 6) is 1.38. The summed E-state index contributed by atoms with van der Waals surface area (Å²) in [5.41, 5.74) is 2.71. The Bertz CT molecular complexity index is 381. The normalized spacial score (nSPS) is 17.8. The van der Waals surface area contributed by atoms with Crippen LogP contribution in [0.5, 0.6) is 0 Å². The third-order valence-corrected chi connectivity index (χ3v) is 4.60. The third kappa shape index (κ3) is 5.80. The van der Waals surface area contributed by atoms with E-state index in [-0.39, 0.29) is 0 Å². The highest BCUT2D eigenvalue weighted by Crippen LogP contribution is 2.24. The van der Waals surface area contributed by atoms with Gasteiger partial charge in [-0.15, -0.1) is 0 Å². The maximum atomic E-state index is 5.91. The molecule has 1 aliphatic carbocycles. The van der Waals surface area contributed by atoms with E-state index in [1.165, 1.54) is 43.2 Å². The van der Waals surface area contributed by atoms with Crippen LogP contribution in [-0.4, -0.2) is 19.7 Å². The summed E-state index contributed by atoms with van der Waals surface area (Å²) in [6.45, 7) is 8.22. The summed E-state index contributed by atoms with van der Waals surface area (Å²) < 4.78 is 5.91. The van der Waals surface area contributed by atoms with Crippen molar-refractivity contribution in [1.82, 2.24) is 5.32 Å². The lowest BCUT2D eigenvalue weighted by Gasteiger charge is -2.21. The maximum absolute atomic E-state index is 5.91. The van der Waals surface area contributed by atoms with E-state index in [9.17, 15) is 0 Å². The molecule has 1 aromatic carbocycles. The highest BCUT2D eigenvalue weighted by molar-refractivity contribution is 5.24. The number of hydrogen-bond acceptors (Lipinski definition) is 2. The van der Waals surface area contributed by atoms with Crippen LogP contribution in [-0.2, 0) is 11.3 Å². The van der Waals surface area contributed by atoms with E-state index in [2.05, 4.69) is 43.4 Å². The fourth-order valence-electron chi connectivity index (χ4n) is 3.12. The fraction of sp³-hybridized carbons (Fsp3) is 0.684. The van der Waals surface area contributed by atoms with Crippen LogP contribution in [0.25, 0.3) is 0 Å². The van der Waals surface area contributed by atoms with Gasteiger partial charge in [0.2, 0.25) is 0 Å². The first kappa shape index (κ1) is 16.5. The van der Waals surface area contributed by atoms with Crippen molar-refractivity contribution in [2.45, 2.75) is 58.5 Å². The van der Waals surface area contributed by atoms with E-state index in [1.54, 1.807) is 0 Å². The van der Waals surface area contributed by atoms with Gasteiger partial charge in [0.1, 0.15) is 0 Å². The summed E-state index contributed by atoms with van der Waals surface area (Å²) in [4.78, 5) is 0. The lowest BCUT2D eigenvalue weighted by molar-refractivity contribution is 0.0739. The van der Waals surface area contributed by atoms with Gasteiger partial charge in [-0.2, -0.15) is 0 Å². The molecule has 118 valence electrons. The van der Waals surface area contributed by atoms with Gasteiger partial charge in [-0.1, -0.05) is 57.4 Å². The second-order valence-corrected chi connectivity index (χ2v) is 6.47. The number of rotatable bonds is 8. The molecule has 2 heteroatoms. The molecule has 0 radical (unpaired) electrons. The summed E-state index contributed by atoms with van der Waals surface area (Å²) in [6.07, 6.45) is 6.93. The third-order valence-electron chi connectivity index (χ3n) is 4.60. The summed E-state index contributed by atoms with van der Waals surface area (Å²) >= 11 is 0. The zero-order chi connectivity index (χ0) is 14.9. The summed E-state index contributed by atoms with van der Waals surface area (Å²) in [7, 11) is 0. The molecule has 2 rings (SSSR count). The SMILES string of the molecule is CCNCC(C)c1ccc(COCC2CCCCC2)cc1. The summed E-state index contributed by atoms with van der Waals surface area (Å²) in [6, 6.07) is 8.94. The van der Waals surface area contributed by atoms with E-state index >= 15 is 0 Å². The van der Waals surface area contributed by atoms with Crippen LogP contribution in [0.3, 0.4) is 0 Å². The van der Waals surface area contributed by atoms with Gasteiger partial charge < -0.3 is 10.1 Å². The highest BCUT2D eigenvalue weighted by atomic mass is 16.5. The minimum absolute atomic E-state index is 0.571. The number of nitrogens with one attached hydrogen (secondary N) is 1. The lowest BCUT2D eigenvalue weighted by atomic mass is 9.90. The Morgan fingerprint density at radius 1 is 1.14 bits per heavy atom. The molecule has 1 N–H and O–H groups in total. The molecule has 1 atom stereocenters. The first-order valence-corrected chi connectivity index (χ1v) is 8.67. The van der Waals surface area contributed by atoms with E-state index in [0.717, 1.165) is 32.2 Å². The molecule has 1 aromatic rings. The van der Waals surface area contributed by atoms with Crippen molar-refractivity contribution in [1.29, 1.82) is 0 Å². The van der Waals surface area contributed by atoms with Crippen molar-refractivity contribution < 1.29 is 4.74 Å². The van der Waals surface area contributed by atoms with Crippen molar-refractivity contribution in [2.24, 2.45) is 5.92 Å². The molecule has 21 heavy (non-hydrogen) atoms. The van der Waals surface area contributed by atoms with Gasteiger partial charge in [0, 0.05) is 13.2 Å². The Morgan fingerprint density at radius 3 is 2.52 bits per heavy atom. The van der Waals surface area contributed by atoms with Crippen LogP contribution < -0.4 is 5.32 Å². The van der Waals surface area contributed by atoms with Crippen LogP contribution >= 0.6 is 0 Å². The van der Waals surface area contributed by atoms with Crippen molar-refractivity contribution in [2.75, 3.05) is 19.7 Å². The van der Waals surface area contributed by atoms with Crippen LogP contribution in [0.1, 0.15) is 63.0 Å². The van der Waals surface area contributed by atoms with Gasteiger partial charge in [-0.3, -0.25) is 0 Å². The predicted molar refractivity (Wildman–Crippen MR) is 89.6 cm³/mol. The zero-order valence-corrected chi connectivity index (χ0v) is 13.7. The molecule has 0 heterocycles. The second-order valence-electron chi connectivity index (χ2n) is 6.47. The maximum Gasteiger partial charge on any atom is 0.0717 e. The topological polar surface area (TPSA) is 21.3 Å². The van der Waals surface area contributed by atoms with Crippen LogP contribution in [0.4, 0.5) is 0 Å². The Balaban J connectivity index is 1.71. The second kappa shape index (κ2) is 9.22. The fourth-order valence-corrected chi connectivity index (χ4v) is 3.12. The molecule has 0 aromatic heterocycles. The molecular formula is C19H31NO. The van der Waals surface area contributed by atoms with Gasteiger partial charge in [0.25, 0.3) is 0 Å². The number of hydrogen-bond donors (Lipinski definition) is 1. The Kier molecular flexibility index (Phi) is 7.25. The average Bonchev–Trinajstić information content (AvgIpc) is 2.54. The number of benzene rings is 1. The smallest absolute Gasteiger partial charge is 0.0717 e. The molecule has 0 amide bonds. The van der Waals surface area contributed by atoms with Gasteiger partial charge in [0.15, 0.2) is 0 Å². The van der Waals surface area contributed by atoms with Crippen LogP contribution in [0.15, 0.2) is 24.3 Å². The molecule has 2 nitrogen and oxygen atoms in total. The minimum atomic E-state index is 0.571. The molecular weight excluding hydrogens is 258 g/mol. The molecule has 1 saturated carbocycles. The Hall–Kier alpha value is -0.860. The van der Waals surface area contributed by atoms with Crippen molar-refractivity contribution in [3.05, 3.63) is 35.4 Å². The predicted octanol–water partition coefficient (Wildman–Crippen LogP) is 4.50. The summed E-state index contributed by atoms with van der Waals surface area (Å²) in [5, 5.41) is 3.41. The Labute approximate surface area is 130 Å². The zero-order valence-electron chi connectivity index (χ0n) is 13.7.